The lowest BCUT2D eigenvalue weighted by molar-refractivity contribution is -0.122. The molecule has 156 valence electrons. The van der Waals surface area contributed by atoms with Crippen molar-refractivity contribution in [3.63, 3.8) is 0 Å². The minimum absolute atomic E-state index is 0.0643. The molecule has 0 spiro atoms. The van der Waals surface area contributed by atoms with E-state index in [1.807, 2.05) is 29.2 Å². The van der Waals surface area contributed by atoms with Crippen molar-refractivity contribution in [1.29, 1.82) is 0 Å². The molecule has 1 heterocycles. The molecular weight excluding hydrogens is 370 g/mol. The van der Waals surface area contributed by atoms with Gasteiger partial charge in [0.05, 0.1) is 24.5 Å². The third-order valence-corrected chi connectivity index (χ3v) is 5.85. The molecule has 0 saturated heterocycles. The van der Waals surface area contributed by atoms with Crippen molar-refractivity contribution in [1.82, 2.24) is 10.6 Å². The first-order valence-electron chi connectivity index (χ1n) is 10.4. The topological polar surface area (TPSA) is 108 Å². The van der Waals surface area contributed by atoms with Crippen LogP contribution in [0.25, 0.3) is 0 Å². The summed E-state index contributed by atoms with van der Waals surface area (Å²) in [6.07, 6.45) is 4.67. The maximum atomic E-state index is 12.5. The molecule has 4 N–H and O–H groups in total. The van der Waals surface area contributed by atoms with Gasteiger partial charge in [0.1, 0.15) is 6.04 Å². The van der Waals surface area contributed by atoms with Crippen molar-refractivity contribution in [2.24, 2.45) is 17.6 Å². The SMILES string of the molecule is NC(=O)[C@@H]1CN(CC(=O)NCC2CC2)c2ccccc2N1CC(=O)NCC1CC1. The van der Waals surface area contributed by atoms with Crippen LogP contribution in [-0.4, -0.2) is 56.5 Å². The molecule has 1 atom stereocenters. The van der Waals surface area contributed by atoms with Crippen molar-refractivity contribution in [2.45, 2.75) is 31.7 Å². The summed E-state index contributed by atoms with van der Waals surface area (Å²) < 4.78 is 0. The Labute approximate surface area is 170 Å². The number of fused-ring (bicyclic) bond motifs is 1. The summed E-state index contributed by atoms with van der Waals surface area (Å²) in [5.41, 5.74) is 7.27. The Kier molecular flexibility index (Phi) is 5.60. The smallest absolute Gasteiger partial charge is 0.241 e. The Hall–Kier alpha value is -2.77. The first kappa shape index (κ1) is 19.5. The Morgan fingerprint density at radius 1 is 0.897 bits per heavy atom. The second-order valence-corrected chi connectivity index (χ2v) is 8.41. The molecule has 3 amide bonds. The fraction of sp³-hybridized carbons (Fsp3) is 0.571. The Bertz CT molecular complexity index is 790. The van der Waals surface area contributed by atoms with Crippen molar-refractivity contribution in [2.75, 3.05) is 42.5 Å². The molecule has 2 aliphatic carbocycles. The fourth-order valence-electron chi connectivity index (χ4n) is 3.74. The Balaban J connectivity index is 1.48. The molecule has 8 heteroatoms. The molecule has 1 aromatic carbocycles. The summed E-state index contributed by atoms with van der Waals surface area (Å²) in [6, 6.07) is 6.86. The highest BCUT2D eigenvalue weighted by atomic mass is 16.2. The maximum absolute atomic E-state index is 12.5. The molecule has 2 saturated carbocycles. The normalized spacial score (nSPS) is 20.8. The summed E-state index contributed by atoms with van der Waals surface area (Å²) in [4.78, 5) is 40.7. The quantitative estimate of drug-likeness (QED) is 0.551. The fourth-order valence-corrected chi connectivity index (χ4v) is 3.74. The van der Waals surface area contributed by atoms with Gasteiger partial charge in [-0.2, -0.15) is 0 Å². The first-order valence-corrected chi connectivity index (χ1v) is 10.4. The molecule has 8 nitrogen and oxygen atoms in total. The third-order valence-electron chi connectivity index (χ3n) is 5.85. The first-order chi connectivity index (χ1) is 14.0. The zero-order valence-corrected chi connectivity index (χ0v) is 16.6. The number of benzene rings is 1. The molecule has 4 rings (SSSR count). The van der Waals surface area contributed by atoms with Crippen LogP contribution in [0.3, 0.4) is 0 Å². The van der Waals surface area contributed by atoms with E-state index in [-0.39, 0.29) is 31.4 Å². The van der Waals surface area contributed by atoms with E-state index < -0.39 is 11.9 Å². The van der Waals surface area contributed by atoms with Gasteiger partial charge in [-0.25, -0.2) is 0 Å². The predicted octanol–water partition coefficient (Wildman–Crippen LogP) is 0.219. The van der Waals surface area contributed by atoms with Crippen molar-refractivity contribution in [3.8, 4) is 0 Å². The number of carbonyl (C=O) groups excluding carboxylic acids is 3. The Morgan fingerprint density at radius 2 is 1.45 bits per heavy atom. The lowest BCUT2D eigenvalue weighted by atomic mass is 10.1. The van der Waals surface area contributed by atoms with E-state index in [0.717, 1.165) is 24.2 Å². The van der Waals surface area contributed by atoms with Gasteiger partial charge in [0.2, 0.25) is 17.7 Å². The number of hydrogen-bond donors (Lipinski definition) is 3. The lowest BCUT2D eigenvalue weighted by Crippen LogP contribution is -2.58. The van der Waals surface area contributed by atoms with Crippen LogP contribution in [0.4, 0.5) is 11.4 Å². The summed E-state index contributed by atoms with van der Waals surface area (Å²) in [5, 5.41) is 5.92. The second kappa shape index (κ2) is 8.31. The van der Waals surface area contributed by atoms with E-state index in [9.17, 15) is 14.4 Å². The highest BCUT2D eigenvalue weighted by molar-refractivity contribution is 5.94. The molecule has 0 unspecified atom stereocenters. The monoisotopic (exact) mass is 399 g/mol. The van der Waals surface area contributed by atoms with E-state index in [1.54, 1.807) is 4.90 Å². The number of nitrogens with zero attached hydrogens (tertiary/aromatic N) is 2. The lowest BCUT2D eigenvalue weighted by Gasteiger charge is -2.42. The van der Waals surface area contributed by atoms with Gasteiger partial charge in [-0.1, -0.05) is 12.1 Å². The molecule has 0 bridgehead atoms. The third kappa shape index (κ3) is 4.99. The van der Waals surface area contributed by atoms with Crippen molar-refractivity contribution < 1.29 is 14.4 Å². The molecule has 2 fully saturated rings. The van der Waals surface area contributed by atoms with Gasteiger partial charge < -0.3 is 26.2 Å². The van der Waals surface area contributed by atoms with E-state index >= 15 is 0 Å². The average molecular weight is 399 g/mol. The number of carbonyl (C=O) groups is 3. The number of nitrogens with two attached hydrogens (primary N) is 1. The standard InChI is InChI=1S/C21H29N5O3/c22-21(29)18-11-25(12-19(27)23-9-14-5-6-14)16-3-1-2-4-17(16)26(18)13-20(28)24-10-15-7-8-15/h1-4,14-15,18H,5-13H2,(H2,22,29)(H,23,27)(H,24,28)/t18-/m0/s1. The Morgan fingerprint density at radius 3 is 2.00 bits per heavy atom. The zero-order valence-electron chi connectivity index (χ0n) is 16.6. The van der Waals surface area contributed by atoms with Gasteiger partial charge in [-0.3, -0.25) is 14.4 Å². The van der Waals surface area contributed by atoms with Gasteiger partial charge in [-0.15, -0.1) is 0 Å². The van der Waals surface area contributed by atoms with E-state index in [0.29, 0.717) is 24.9 Å². The van der Waals surface area contributed by atoms with Crippen LogP contribution >= 0.6 is 0 Å². The van der Waals surface area contributed by atoms with Crippen LogP contribution in [0.5, 0.6) is 0 Å². The van der Waals surface area contributed by atoms with E-state index in [1.165, 1.54) is 12.8 Å². The zero-order chi connectivity index (χ0) is 20.4. The van der Waals surface area contributed by atoms with Gasteiger partial charge in [0.25, 0.3) is 0 Å². The summed E-state index contributed by atoms with van der Waals surface area (Å²) in [7, 11) is 0. The highest BCUT2D eigenvalue weighted by Crippen LogP contribution is 2.35. The van der Waals surface area contributed by atoms with Crippen LogP contribution in [0.2, 0.25) is 0 Å². The number of primary amides is 1. The summed E-state index contributed by atoms with van der Waals surface area (Å²) in [5.74, 6) is 0.511. The van der Waals surface area contributed by atoms with Crippen molar-refractivity contribution in [3.05, 3.63) is 24.3 Å². The van der Waals surface area contributed by atoms with Crippen molar-refractivity contribution >= 4 is 29.1 Å². The minimum Gasteiger partial charge on any atom is -0.368 e. The molecule has 29 heavy (non-hydrogen) atoms. The van der Waals surface area contributed by atoms with Crippen LogP contribution in [0, 0.1) is 11.8 Å². The maximum Gasteiger partial charge on any atom is 0.241 e. The van der Waals surface area contributed by atoms with Crippen LogP contribution in [-0.2, 0) is 14.4 Å². The second-order valence-electron chi connectivity index (χ2n) is 8.41. The predicted molar refractivity (Wildman–Crippen MR) is 110 cm³/mol. The molecule has 3 aliphatic rings. The minimum atomic E-state index is -0.673. The van der Waals surface area contributed by atoms with Crippen LogP contribution < -0.4 is 26.2 Å². The number of para-hydroxylation sites is 2. The van der Waals surface area contributed by atoms with Gasteiger partial charge in [0, 0.05) is 19.6 Å². The molecule has 1 aliphatic heterocycles. The van der Waals surface area contributed by atoms with Crippen LogP contribution in [0.1, 0.15) is 25.7 Å². The number of hydrogen-bond acceptors (Lipinski definition) is 5. The van der Waals surface area contributed by atoms with Gasteiger partial charge >= 0.3 is 0 Å². The largest absolute Gasteiger partial charge is 0.368 e. The number of anilines is 2. The van der Waals surface area contributed by atoms with E-state index in [2.05, 4.69) is 10.6 Å². The summed E-state index contributed by atoms with van der Waals surface area (Å²) in [6.45, 7) is 1.90. The highest BCUT2D eigenvalue weighted by Gasteiger charge is 2.36. The van der Waals surface area contributed by atoms with E-state index in [4.69, 9.17) is 5.73 Å². The van der Waals surface area contributed by atoms with Gasteiger partial charge in [0.15, 0.2) is 0 Å². The number of rotatable bonds is 9. The average Bonchev–Trinajstić information content (AvgIpc) is 3.61. The number of nitrogens with one attached hydrogen (secondary N) is 2. The number of amides is 3. The molecule has 0 aromatic heterocycles. The molecule has 1 aromatic rings. The molecule has 0 radical (unpaired) electrons. The van der Waals surface area contributed by atoms with Gasteiger partial charge in [-0.05, 0) is 49.7 Å². The van der Waals surface area contributed by atoms with Crippen LogP contribution in [0.15, 0.2) is 24.3 Å². The summed E-state index contributed by atoms with van der Waals surface area (Å²) >= 11 is 0. The molecular formula is C21H29N5O3.